The summed E-state index contributed by atoms with van der Waals surface area (Å²) >= 11 is 0. The number of benzene rings is 1. The Hall–Kier alpha value is -1.86. The van der Waals surface area contributed by atoms with Crippen LogP contribution in [0.3, 0.4) is 0 Å². The molecule has 1 aromatic rings. The van der Waals surface area contributed by atoms with E-state index in [1.165, 1.54) is 0 Å². The molecule has 0 saturated heterocycles. The number of carbonyl (C=O) groups is 2. The number of carbonyl (C=O) groups excluding carboxylic acids is 2. The molecule has 0 aromatic heterocycles. The molecule has 0 spiro atoms. The molecule has 6 nitrogen and oxygen atoms in total. The Morgan fingerprint density at radius 1 is 1.00 bits per heavy atom. The first-order valence-electron chi connectivity index (χ1n) is 10.7. The van der Waals surface area contributed by atoms with Crippen LogP contribution in [0.15, 0.2) is 24.3 Å². The maximum absolute atomic E-state index is 12.6. The molecule has 0 bridgehead atoms. The monoisotopic (exact) mass is 438 g/mol. The zero-order valence-electron chi connectivity index (χ0n) is 19.7. The van der Waals surface area contributed by atoms with Crippen LogP contribution in [-0.2, 0) is 25.5 Å². The van der Waals surface area contributed by atoms with Crippen LogP contribution in [0.2, 0.25) is 18.1 Å². The zero-order chi connectivity index (χ0) is 23.2. The van der Waals surface area contributed by atoms with Crippen LogP contribution in [0.4, 0.5) is 0 Å². The SMILES string of the molecule is CCOC(=O)C(Cc1ccc(O[Si](C)(C)C(C)(C)C)cc1)C(O)(CC)C(=O)OCC. The second-order valence-corrected chi connectivity index (χ2v) is 13.7. The van der Waals surface area contributed by atoms with Crippen LogP contribution in [0.1, 0.15) is 53.5 Å². The van der Waals surface area contributed by atoms with Gasteiger partial charge in [0.1, 0.15) is 11.7 Å². The van der Waals surface area contributed by atoms with Gasteiger partial charge in [-0.25, -0.2) is 4.79 Å². The predicted octanol–water partition coefficient (Wildman–Crippen LogP) is 4.50. The summed E-state index contributed by atoms with van der Waals surface area (Å²) in [4.78, 5) is 25.1. The lowest BCUT2D eigenvalue weighted by Crippen LogP contribution is -2.51. The van der Waals surface area contributed by atoms with Gasteiger partial charge in [0.25, 0.3) is 0 Å². The molecule has 1 aromatic carbocycles. The highest BCUT2D eigenvalue weighted by Gasteiger charge is 2.48. The Bertz CT molecular complexity index is 707. The molecule has 0 saturated carbocycles. The Kier molecular flexibility index (Phi) is 9.11. The number of esters is 2. The summed E-state index contributed by atoms with van der Waals surface area (Å²) in [5, 5.41) is 11.1. The number of aliphatic hydroxyl groups is 1. The van der Waals surface area contributed by atoms with E-state index in [0.29, 0.717) is 0 Å². The first kappa shape index (κ1) is 26.2. The van der Waals surface area contributed by atoms with Crippen LogP contribution in [0.25, 0.3) is 0 Å². The van der Waals surface area contributed by atoms with Gasteiger partial charge in [-0.3, -0.25) is 4.79 Å². The maximum Gasteiger partial charge on any atom is 0.339 e. The van der Waals surface area contributed by atoms with Gasteiger partial charge in [0.2, 0.25) is 8.32 Å². The van der Waals surface area contributed by atoms with E-state index in [-0.39, 0.29) is 31.1 Å². The Morgan fingerprint density at radius 2 is 1.53 bits per heavy atom. The van der Waals surface area contributed by atoms with Crippen LogP contribution in [-0.4, -0.2) is 44.2 Å². The molecule has 170 valence electrons. The molecule has 2 atom stereocenters. The summed E-state index contributed by atoms with van der Waals surface area (Å²) in [5.74, 6) is -1.71. The van der Waals surface area contributed by atoms with E-state index in [9.17, 15) is 14.7 Å². The second-order valence-electron chi connectivity index (χ2n) is 9.01. The molecule has 0 aliphatic carbocycles. The fourth-order valence-corrected chi connectivity index (χ4v) is 3.89. The normalized spacial score (nSPS) is 15.1. The fraction of sp³-hybridized carbons (Fsp3) is 0.652. The standard InChI is InChI=1S/C23H38O6Si/c1-9-23(26,21(25)28-11-3)19(20(24)27-10-2)16-17-12-14-18(15-13-17)29-30(7,8)22(4,5)6/h12-15,19,26H,9-11,16H2,1-8H3. The van der Waals surface area contributed by atoms with Gasteiger partial charge in [0, 0.05) is 0 Å². The third-order valence-electron chi connectivity index (χ3n) is 5.86. The summed E-state index contributed by atoms with van der Waals surface area (Å²) in [6, 6.07) is 7.45. The van der Waals surface area contributed by atoms with Gasteiger partial charge in [0.05, 0.1) is 13.2 Å². The van der Waals surface area contributed by atoms with Crippen molar-refractivity contribution in [2.24, 2.45) is 5.92 Å². The van der Waals surface area contributed by atoms with E-state index >= 15 is 0 Å². The molecule has 0 aliphatic rings. The van der Waals surface area contributed by atoms with Gasteiger partial charge < -0.3 is 19.0 Å². The lowest BCUT2D eigenvalue weighted by Gasteiger charge is -2.36. The first-order valence-corrected chi connectivity index (χ1v) is 13.6. The number of rotatable bonds is 10. The minimum atomic E-state index is -1.96. The lowest BCUT2D eigenvalue weighted by atomic mass is 9.80. The molecule has 0 aliphatic heterocycles. The van der Waals surface area contributed by atoms with Gasteiger partial charge in [-0.05, 0) is 62.5 Å². The van der Waals surface area contributed by atoms with Crippen molar-refractivity contribution in [1.29, 1.82) is 0 Å². The Morgan fingerprint density at radius 3 is 1.97 bits per heavy atom. The van der Waals surface area contributed by atoms with Crippen molar-refractivity contribution in [2.45, 2.75) is 78.1 Å². The molecule has 30 heavy (non-hydrogen) atoms. The van der Waals surface area contributed by atoms with E-state index in [0.717, 1.165) is 11.3 Å². The van der Waals surface area contributed by atoms with Crippen molar-refractivity contribution in [1.82, 2.24) is 0 Å². The third kappa shape index (κ3) is 6.32. The first-order chi connectivity index (χ1) is 13.8. The van der Waals surface area contributed by atoms with Gasteiger partial charge in [-0.15, -0.1) is 0 Å². The highest BCUT2D eigenvalue weighted by Crippen LogP contribution is 2.37. The van der Waals surface area contributed by atoms with Crippen molar-refractivity contribution in [3.8, 4) is 5.75 Å². The van der Waals surface area contributed by atoms with Gasteiger partial charge >= 0.3 is 11.9 Å². The van der Waals surface area contributed by atoms with E-state index in [1.807, 2.05) is 24.3 Å². The smallest absolute Gasteiger partial charge is 0.339 e. The number of ether oxygens (including phenoxy) is 2. The molecule has 7 heteroatoms. The molecule has 0 amide bonds. The van der Waals surface area contributed by atoms with E-state index in [2.05, 4.69) is 33.9 Å². The molecule has 1 N–H and O–H groups in total. The van der Waals surface area contributed by atoms with Crippen molar-refractivity contribution in [3.63, 3.8) is 0 Å². The molecule has 0 fully saturated rings. The van der Waals surface area contributed by atoms with E-state index in [4.69, 9.17) is 13.9 Å². The van der Waals surface area contributed by atoms with Gasteiger partial charge in [-0.1, -0.05) is 39.8 Å². The zero-order valence-corrected chi connectivity index (χ0v) is 20.7. The van der Waals surface area contributed by atoms with Crippen molar-refractivity contribution in [3.05, 3.63) is 29.8 Å². The van der Waals surface area contributed by atoms with Crippen LogP contribution in [0, 0.1) is 5.92 Å². The average molecular weight is 439 g/mol. The van der Waals surface area contributed by atoms with E-state index < -0.39 is 31.8 Å². The Balaban J connectivity index is 3.13. The molecule has 1 rings (SSSR count). The maximum atomic E-state index is 12.6. The highest BCUT2D eigenvalue weighted by molar-refractivity contribution is 6.74. The Labute approximate surface area is 182 Å². The number of hydrogen-bond acceptors (Lipinski definition) is 6. The van der Waals surface area contributed by atoms with Gasteiger partial charge in [-0.2, -0.15) is 0 Å². The molecular formula is C23H38O6Si. The number of hydrogen-bond donors (Lipinski definition) is 1. The molecule has 0 heterocycles. The van der Waals surface area contributed by atoms with Crippen LogP contribution >= 0.6 is 0 Å². The summed E-state index contributed by atoms with van der Waals surface area (Å²) in [6.07, 6.45) is 0.199. The second kappa shape index (κ2) is 10.4. The van der Waals surface area contributed by atoms with Gasteiger partial charge in [0.15, 0.2) is 5.60 Å². The summed E-state index contributed by atoms with van der Waals surface area (Å²) < 4.78 is 16.5. The molecule has 0 radical (unpaired) electrons. The topological polar surface area (TPSA) is 82.1 Å². The predicted molar refractivity (Wildman–Crippen MR) is 120 cm³/mol. The summed E-state index contributed by atoms with van der Waals surface area (Å²) in [7, 11) is -1.96. The van der Waals surface area contributed by atoms with Crippen LogP contribution in [0.5, 0.6) is 5.75 Å². The van der Waals surface area contributed by atoms with Crippen LogP contribution < -0.4 is 4.43 Å². The lowest BCUT2D eigenvalue weighted by molar-refractivity contribution is -0.181. The fourth-order valence-electron chi connectivity index (χ4n) is 2.86. The van der Waals surface area contributed by atoms with E-state index in [1.54, 1.807) is 20.8 Å². The summed E-state index contributed by atoms with van der Waals surface area (Å²) in [5.41, 5.74) is -1.15. The largest absolute Gasteiger partial charge is 0.544 e. The minimum Gasteiger partial charge on any atom is -0.544 e. The molecule has 2 unspecified atom stereocenters. The van der Waals surface area contributed by atoms with Crippen molar-refractivity contribution in [2.75, 3.05) is 13.2 Å². The quantitative estimate of drug-likeness (QED) is 0.428. The van der Waals surface area contributed by atoms with Crippen molar-refractivity contribution >= 4 is 20.3 Å². The highest BCUT2D eigenvalue weighted by atomic mass is 28.4. The summed E-state index contributed by atoms with van der Waals surface area (Å²) in [6.45, 7) is 16.2. The van der Waals surface area contributed by atoms with Crippen molar-refractivity contribution < 1.29 is 28.6 Å². The third-order valence-corrected chi connectivity index (χ3v) is 10.2. The minimum absolute atomic E-state index is 0.0435. The average Bonchev–Trinajstić information content (AvgIpc) is 2.66. The molecular weight excluding hydrogens is 400 g/mol.